The van der Waals surface area contributed by atoms with E-state index in [0.717, 1.165) is 11.8 Å². The molecule has 0 spiro atoms. The van der Waals surface area contributed by atoms with Crippen molar-refractivity contribution in [2.75, 3.05) is 5.33 Å². The molecule has 0 aromatic carbocycles. The van der Waals surface area contributed by atoms with Gasteiger partial charge in [0.05, 0.1) is 11.8 Å². The number of hydrogen-bond acceptors (Lipinski definition) is 2. The van der Waals surface area contributed by atoms with Crippen molar-refractivity contribution in [2.24, 2.45) is 5.92 Å². The minimum Gasteiger partial charge on any atom is -0.472 e. The van der Waals surface area contributed by atoms with Crippen LogP contribution >= 0.6 is 15.9 Å². The van der Waals surface area contributed by atoms with Gasteiger partial charge in [-0.2, -0.15) is 0 Å². The molecule has 1 heterocycles. The highest BCUT2D eigenvalue weighted by atomic mass is 79.9. The van der Waals surface area contributed by atoms with Crippen molar-refractivity contribution in [1.29, 1.82) is 0 Å². The van der Waals surface area contributed by atoms with Crippen LogP contribution in [0.15, 0.2) is 23.0 Å². The van der Waals surface area contributed by atoms with Crippen LogP contribution < -0.4 is 5.32 Å². The molecule has 1 atom stereocenters. The lowest BCUT2D eigenvalue weighted by Gasteiger charge is -2.21. The van der Waals surface area contributed by atoms with E-state index in [1.54, 1.807) is 6.07 Å². The highest BCUT2D eigenvalue weighted by Gasteiger charge is 2.16. The SMILES string of the molecule is CC(C)C(CCBr)NC(=O)c1ccoc1. The van der Waals surface area contributed by atoms with E-state index in [4.69, 9.17) is 4.42 Å². The van der Waals surface area contributed by atoms with Gasteiger partial charge in [-0.05, 0) is 18.4 Å². The quantitative estimate of drug-likeness (QED) is 0.839. The second-order valence-electron chi connectivity index (χ2n) is 3.81. The van der Waals surface area contributed by atoms with Gasteiger partial charge < -0.3 is 9.73 Å². The third kappa shape index (κ3) is 3.70. The number of nitrogens with one attached hydrogen (secondary N) is 1. The van der Waals surface area contributed by atoms with Crippen LogP contribution in [0.4, 0.5) is 0 Å². The third-order valence-electron chi connectivity index (χ3n) is 2.32. The van der Waals surface area contributed by atoms with Crippen molar-refractivity contribution in [3.05, 3.63) is 24.2 Å². The molecule has 84 valence electrons. The number of amides is 1. The van der Waals surface area contributed by atoms with Gasteiger partial charge in [0, 0.05) is 11.4 Å². The fourth-order valence-electron chi connectivity index (χ4n) is 1.34. The van der Waals surface area contributed by atoms with Gasteiger partial charge in [-0.1, -0.05) is 29.8 Å². The summed E-state index contributed by atoms with van der Waals surface area (Å²) in [5, 5.41) is 3.88. The lowest BCUT2D eigenvalue weighted by Crippen LogP contribution is -2.38. The second kappa shape index (κ2) is 5.95. The molecule has 1 unspecified atom stereocenters. The van der Waals surface area contributed by atoms with Gasteiger partial charge in [0.2, 0.25) is 0 Å². The van der Waals surface area contributed by atoms with E-state index in [0.29, 0.717) is 11.5 Å². The average Bonchev–Trinajstić information content (AvgIpc) is 2.69. The molecule has 1 aromatic heterocycles. The summed E-state index contributed by atoms with van der Waals surface area (Å²) >= 11 is 3.39. The van der Waals surface area contributed by atoms with E-state index in [1.807, 2.05) is 0 Å². The summed E-state index contributed by atoms with van der Waals surface area (Å²) in [6.07, 6.45) is 3.89. The zero-order valence-electron chi connectivity index (χ0n) is 9.00. The Hall–Kier alpha value is -0.770. The molecule has 0 saturated heterocycles. The smallest absolute Gasteiger partial charge is 0.254 e. The van der Waals surface area contributed by atoms with E-state index in [9.17, 15) is 4.79 Å². The lowest BCUT2D eigenvalue weighted by atomic mass is 10.0. The van der Waals surface area contributed by atoms with Gasteiger partial charge in [-0.3, -0.25) is 4.79 Å². The molecule has 1 aromatic rings. The monoisotopic (exact) mass is 273 g/mol. The summed E-state index contributed by atoms with van der Waals surface area (Å²) in [4.78, 5) is 11.7. The molecular formula is C11H16BrNO2. The minimum absolute atomic E-state index is 0.0663. The first-order valence-electron chi connectivity index (χ1n) is 5.04. The summed E-state index contributed by atoms with van der Waals surface area (Å²) in [5.74, 6) is 0.363. The number of carbonyl (C=O) groups excluding carboxylic acids is 1. The highest BCUT2D eigenvalue weighted by molar-refractivity contribution is 9.09. The van der Waals surface area contributed by atoms with Crippen LogP contribution in [0.1, 0.15) is 30.6 Å². The maximum atomic E-state index is 11.7. The minimum atomic E-state index is -0.0663. The molecule has 0 radical (unpaired) electrons. The molecule has 0 aliphatic rings. The van der Waals surface area contributed by atoms with Gasteiger partial charge in [0.1, 0.15) is 6.26 Å². The number of rotatable bonds is 5. The predicted molar refractivity (Wildman–Crippen MR) is 63.2 cm³/mol. The summed E-state index contributed by atoms with van der Waals surface area (Å²) in [6.45, 7) is 4.20. The molecule has 15 heavy (non-hydrogen) atoms. The molecule has 3 nitrogen and oxygen atoms in total. The third-order valence-corrected chi connectivity index (χ3v) is 2.78. The first kappa shape index (κ1) is 12.3. The Morgan fingerprint density at radius 3 is 2.80 bits per heavy atom. The Morgan fingerprint density at radius 2 is 2.33 bits per heavy atom. The van der Waals surface area contributed by atoms with E-state index in [2.05, 4.69) is 35.1 Å². The van der Waals surface area contributed by atoms with E-state index in [-0.39, 0.29) is 11.9 Å². The lowest BCUT2D eigenvalue weighted by molar-refractivity contribution is 0.0924. The maximum Gasteiger partial charge on any atom is 0.254 e. The fraction of sp³-hybridized carbons (Fsp3) is 0.545. The first-order chi connectivity index (χ1) is 7.15. The molecule has 0 saturated carbocycles. The van der Waals surface area contributed by atoms with Crippen molar-refractivity contribution in [1.82, 2.24) is 5.32 Å². The molecule has 1 rings (SSSR count). The van der Waals surface area contributed by atoms with Crippen molar-refractivity contribution in [2.45, 2.75) is 26.3 Å². The van der Waals surface area contributed by atoms with Gasteiger partial charge in [0.25, 0.3) is 5.91 Å². The molecule has 0 bridgehead atoms. The second-order valence-corrected chi connectivity index (χ2v) is 4.61. The maximum absolute atomic E-state index is 11.7. The van der Waals surface area contributed by atoms with E-state index < -0.39 is 0 Å². The summed E-state index contributed by atoms with van der Waals surface area (Å²) < 4.78 is 4.87. The summed E-state index contributed by atoms with van der Waals surface area (Å²) in [6, 6.07) is 1.87. The molecule has 0 fully saturated rings. The summed E-state index contributed by atoms with van der Waals surface area (Å²) in [5.41, 5.74) is 0.579. The number of furan rings is 1. The zero-order valence-corrected chi connectivity index (χ0v) is 10.6. The molecule has 4 heteroatoms. The molecule has 1 N–H and O–H groups in total. The van der Waals surface area contributed by atoms with Gasteiger partial charge >= 0.3 is 0 Å². The van der Waals surface area contributed by atoms with Crippen molar-refractivity contribution in [3.8, 4) is 0 Å². The molecule has 1 amide bonds. The average molecular weight is 274 g/mol. The highest BCUT2D eigenvalue weighted by Crippen LogP contribution is 2.09. The Morgan fingerprint density at radius 1 is 1.60 bits per heavy atom. The van der Waals surface area contributed by atoms with E-state index in [1.165, 1.54) is 12.5 Å². The van der Waals surface area contributed by atoms with Crippen molar-refractivity contribution in [3.63, 3.8) is 0 Å². The zero-order chi connectivity index (χ0) is 11.3. The Kier molecular flexibility index (Phi) is 4.88. The largest absolute Gasteiger partial charge is 0.472 e. The van der Waals surface area contributed by atoms with Crippen LogP contribution in [0.2, 0.25) is 0 Å². The van der Waals surface area contributed by atoms with Crippen LogP contribution in [0, 0.1) is 5.92 Å². The molecular weight excluding hydrogens is 258 g/mol. The van der Waals surface area contributed by atoms with Gasteiger partial charge in [0.15, 0.2) is 0 Å². The summed E-state index contributed by atoms with van der Waals surface area (Å²) in [7, 11) is 0. The Labute approximate surface area is 98.4 Å². The first-order valence-corrected chi connectivity index (χ1v) is 6.16. The topological polar surface area (TPSA) is 42.2 Å². The number of hydrogen-bond donors (Lipinski definition) is 1. The van der Waals surface area contributed by atoms with Gasteiger partial charge in [-0.25, -0.2) is 0 Å². The predicted octanol–water partition coefficient (Wildman–Crippen LogP) is 2.82. The number of alkyl halides is 1. The van der Waals surface area contributed by atoms with Crippen LogP contribution in [0.25, 0.3) is 0 Å². The Bertz CT molecular complexity index is 296. The standard InChI is InChI=1S/C11H16BrNO2/c1-8(2)10(3-5-12)13-11(14)9-4-6-15-7-9/h4,6-8,10H,3,5H2,1-2H3,(H,13,14). The van der Waals surface area contributed by atoms with Gasteiger partial charge in [-0.15, -0.1) is 0 Å². The van der Waals surface area contributed by atoms with E-state index >= 15 is 0 Å². The number of halogens is 1. The number of carbonyl (C=O) groups is 1. The normalized spacial score (nSPS) is 12.8. The molecule has 0 aliphatic carbocycles. The Balaban J connectivity index is 2.55. The fourth-order valence-corrected chi connectivity index (χ4v) is 1.83. The van der Waals surface area contributed by atoms with Crippen LogP contribution in [-0.4, -0.2) is 17.3 Å². The van der Waals surface area contributed by atoms with Crippen LogP contribution in [0.3, 0.4) is 0 Å². The van der Waals surface area contributed by atoms with Crippen LogP contribution in [0.5, 0.6) is 0 Å². The van der Waals surface area contributed by atoms with Crippen LogP contribution in [-0.2, 0) is 0 Å². The van der Waals surface area contributed by atoms with Crippen molar-refractivity contribution >= 4 is 21.8 Å². The van der Waals surface area contributed by atoms with Crippen molar-refractivity contribution < 1.29 is 9.21 Å². The molecule has 0 aliphatic heterocycles.